The third-order valence-corrected chi connectivity index (χ3v) is 10.2. The molecule has 12 heteroatoms. The van der Waals surface area contributed by atoms with E-state index >= 15 is 0 Å². The van der Waals surface area contributed by atoms with Gasteiger partial charge >= 0.3 is 5.91 Å². The Morgan fingerprint density at radius 3 is 2.19 bits per heavy atom. The number of nitro benzene ring substituents is 1. The molecule has 214 valence electrons. The molecule has 10 nitrogen and oxygen atoms in total. The van der Waals surface area contributed by atoms with E-state index in [1.165, 1.54) is 0 Å². The van der Waals surface area contributed by atoms with Gasteiger partial charge in [0.2, 0.25) is 9.84 Å². The lowest BCUT2D eigenvalue weighted by molar-refractivity contribution is -0.384. The SMILES string of the molecule is Cc1ccc(C(O)=C2C(=O)C(=O)N(c3ncc(S(=O)(=O)c4ccc([N+](=O)[O-])cc4)s3)C2c2ccc(C(C)C)cc2)cc1. The molecule has 0 saturated carbocycles. The van der Waals surface area contributed by atoms with Gasteiger partial charge in [0.05, 0.1) is 27.6 Å². The molecule has 1 saturated heterocycles. The Bertz CT molecular complexity index is 1840. The molecule has 42 heavy (non-hydrogen) atoms. The molecule has 0 spiro atoms. The fourth-order valence-corrected chi connectivity index (χ4v) is 7.17. The van der Waals surface area contributed by atoms with Crippen molar-refractivity contribution in [2.24, 2.45) is 0 Å². The predicted octanol–water partition coefficient (Wildman–Crippen LogP) is 5.94. The molecule has 1 fully saturated rings. The number of carbonyl (C=O) groups excluding carboxylic acids is 2. The standard InChI is InChI=1S/C30H25N3O7S2/c1-17(2)19-8-10-20(11-9-19)26-25(27(34)21-6-4-18(3)5-7-21)28(35)29(36)32(26)30-31-16-24(41-30)42(39,40)23-14-12-22(13-15-23)33(37)38/h4-17,26,34H,1-3H3. The van der Waals surface area contributed by atoms with Crippen LogP contribution < -0.4 is 4.90 Å². The van der Waals surface area contributed by atoms with Gasteiger partial charge in [-0.3, -0.25) is 24.6 Å². The second-order valence-electron chi connectivity index (χ2n) is 10.1. The molecule has 1 aromatic heterocycles. The maximum absolute atomic E-state index is 13.5. The van der Waals surface area contributed by atoms with Gasteiger partial charge in [0.1, 0.15) is 9.97 Å². The Balaban J connectivity index is 1.62. The number of amides is 1. The molecule has 4 aromatic rings. The van der Waals surface area contributed by atoms with E-state index in [2.05, 4.69) is 4.98 Å². The number of hydrogen-bond acceptors (Lipinski definition) is 9. The predicted molar refractivity (Wildman–Crippen MR) is 157 cm³/mol. The number of aliphatic hydroxyl groups is 1. The summed E-state index contributed by atoms with van der Waals surface area (Å²) in [5, 5.41) is 22.2. The zero-order valence-electron chi connectivity index (χ0n) is 22.7. The first kappa shape index (κ1) is 28.8. The number of nitro groups is 1. The van der Waals surface area contributed by atoms with Gasteiger partial charge in [-0.25, -0.2) is 13.4 Å². The Morgan fingerprint density at radius 1 is 1.00 bits per heavy atom. The van der Waals surface area contributed by atoms with Crippen LogP contribution in [-0.2, 0) is 19.4 Å². The number of hydrogen-bond donors (Lipinski definition) is 1. The summed E-state index contributed by atoms with van der Waals surface area (Å²) in [6.45, 7) is 5.94. The van der Waals surface area contributed by atoms with Crippen molar-refractivity contribution in [2.75, 3.05) is 4.90 Å². The number of carbonyl (C=O) groups is 2. The van der Waals surface area contributed by atoms with E-state index in [1.54, 1.807) is 36.4 Å². The highest BCUT2D eigenvalue weighted by molar-refractivity contribution is 7.93. The zero-order valence-corrected chi connectivity index (χ0v) is 24.3. The molecular formula is C30H25N3O7S2. The summed E-state index contributed by atoms with van der Waals surface area (Å²) in [6.07, 6.45) is 1.08. The number of ketones is 1. The first-order chi connectivity index (χ1) is 19.9. The summed E-state index contributed by atoms with van der Waals surface area (Å²) in [5.74, 6) is -2.02. The number of aryl methyl sites for hydroxylation is 1. The first-order valence-corrected chi connectivity index (χ1v) is 15.1. The van der Waals surface area contributed by atoms with Crippen LogP contribution in [-0.4, -0.2) is 35.1 Å². The Hall–Kier alpha value is -4.68. The summed E-state index contributed by atoms with van der Waals surface area (Å²) in [4.78, 5) is 42.4. The zero-order chi connectivity index (χ0) is 30.3. The second-order valence-corrected chi connectivity index (χ2v) is 13.3. The normalized spacial score (nSPS) is 16.8. The van der Waals surface area contributed by atoms with Gasteiger partial charge in [-0.1, -0.05) is 79.3 Å². The van der Waals surface area contributed by atoms with Crippen molar-refractivity contribution in [3.8, 4) is 0 Å². The van der Waals surface area contributed by atoms with E-state index in [0.29, 0.717) is 22.5 Å². The van der Waals surface area contributed by atoms with Crippen molar-refractivity contribution in [1.29, 1.82) is 0 Å². The fraction of sp³-hybridized carbons (Fsp3) is 0.167. The molecule has 3 aromatic carbocycles. The van der Waals surface area contributed by atoms with E-state index in [9.17, 15) is 33.2 Å². The molecule has 1 atom stereocenters. The fourth-order valence-electron chi connectivity index (χ4n) is 4.62. The van der Waals surface area contributed by atoms with E-state index in [0.717, 1.165) is 46.5 Å². The van der Waals surface area contributed by atoms with Gasteiger partial charge < -0.3 is 5.11 Å². The van der Waals surface area contributed by atoms with Gasteiger partial charge in [0.15, 0.2) is 5.13 Å². The molecule has 1 amide bonds. The number of aromatic nitrogens is 1. The molecular weight excluding hydrogens is 578 g/mol. The number of nitrogens with zero attached hydrogens (tertiary/aromatic N) is 3. The van der Waals surface area contributed by atoms with Crippen molar-refractivity contribution < 1.29 is 28.0 Å². The molecule has 0 aliphatic carbocycles. The largest absolute Gasteiger partial charge is 0.507 e. The summed E-state index contributed by atoms with van der Waals surface area (Å²) >= 11 is 0.682. The van der Waals surface area contributed by atoms with Gasteiger partial charge in [-0.15, -0.1) is 0 Å². The number of rotatable bonds is 7. The van der Waals surface area contributed by atoms with Crippen molar-refractivity contribution in [3.05, 3.63) is 117 Å². The highest BCUT2D eigenvalue weighted by atomic mass is 32.2. The second kappa shape index (κ2) is 11.0. The average Bonchev–Trinajstić information content (AvgIpc) is 3.56. The third-order valence-electron chi connectivity index (χ3n) is 6.99. The van der Waals surface area contributed by atoms with Crippen molar-refractivity contribution in [2.45, 2.75) is 41.8 Å². The number of thiazole rings is 1. The molecule has 0 radical (unpaired) electrons. The molecule has 2 heterocycles. The minimum atomic E-state index is -4.15. The lowest BCUT2D eigenvalue weighted by Gasteiger charge is -2.23. The van der Waals surface area contributed by atoms with Crippen LogP contribution in [0.3, 0.4) is 0 Å². The van der Waals surface area contributed by atoms with Gasteiger partial charge in [0, 0.05) is 17.7 Å². The maximum Gasteiger partial charge on any atom is 0.301 e. The topological polar surface area (TPSA) is 148 Å². The number of sulfone groups is 1. The van der Waals surface area contributed by atoms with Crippen LogP contribution in [0.15, 0.2) is 93.7 Å². The molecule has 1 aliphatic heterocycles. The molecule has 1 aliphatic rings. The van der Waals surface area contributed by atoms with E-state index < -0.39 is 32.5 Å². The van der Waals surface area contributed by atoms with E-state index in [1.807, 2.05) is 32.9 Å². The maximum atomic E-state index is 13.5. The van der Waals surface area contributed by atoms with Crippen molar-refractivity contribution >= 4 is 49.4 Å². The smallest absolute Gasteiger partial charge is 0.301 e. The number of anilines is 1. The van der Waals surface area contributed by atoms with Crippen LogP contribution in [0.2, 0.25) is 0 Å². The number of aliphatic hydroxyl groups excluding tert-OH is 1. The molecule has 1 unspecified atom stereocenters. The van der Waals surface area contributed by atoms with Crippen molar-refractivity contribution in [3.63, 3.8) is 0 Å². The minimum absolute atomic E-state index is 0.0570. The van der Waals surface area contributed by atoms with Crippen LogP contribution in [0.1, 0.15) is 48.1 Å². The first-order valence-electron chi connectivity index (χ1n) is 12.8. The Kier molecular flexibility index (Phi) is 7.52. The van der Waals surface area contributed by atoms with Crippen LogP contribution in [0.25, 0.3) is 5.76 Å². The third kappa shape index (κ3) is 5.10. The van der Waals surface area contributed by atoms with Crippen LogP contribution in [0.5, 0.6) is 0 Å². The number of benzene rings is 3. The number of Topliss-reactive ketones (excluding diaryl/α,β-unsaturated/α-hetero) is 1. The van der Waals surface area contributed by atoms with E-state index in [-0.39, 0.29) is 37.2 Å². The molecule has 0 bridgehead atoms. The molecule has 5 rings (SSSR count). The molecule has 1 N–H and O–H groups in total. The monoisotopic (exact) mass is 603 g/mol. The van der Waals surface area contributed by atoms with Crippen LogP contribution in [0, 0.1) is 17.0 Å². The summed E-state index contributed by atoms with van der Waals surface area (Å²) < 4.78 is 26.4. The van der Waals surface area contributed by atoms with Crippen LogP contribution in [0.4, 0.5) is 10.8 Å². The van der Waals surface area contributed by atoms with Gasteiger partial charge in [-0.05, 0) is 36.1 Å². The van der Waals surface area contributed by atoms with Crippen LogP contribution >= 0.6 is 11.3 Å². The van der Waals surface area contributed by atoms with E-state index in [4.69, 9.17) is 0 Å². The Labute approximate surface area is 245 Å². The number of non-ortho nitro benzene ring substituents is 1. The van der Waals surface area contributed by atoms with Crippen molar-refractivity contribution in [1.82, 2.24) is 4.98 Å². The summed E-state index contributed by atoms with van der Waals surface area (Å²) in [6, 6.07) is 17.5. The van der Waals surface area contributed by atoms with Gasteiger partial charge in [0.25, 0.3) is 11.5 Å². The summed E-state index contributed by atoms with van der Waals surface area (Å²) in [5.41, 5.74) is 2.44. The minimum Gasteiger partial charge on any atom is -0.507 e. The lowest BCUT2D eigenvalue weighted by atomic mass is 9.93. The Morgan fingerprint density at radius 2 is 1.62 bits per heavy atom. The highest BCUT2D eigenvalue weighted by Crippen LogP contribution is 2.44. The average molecular weight is 604 g/mol. The summed E-state index contributed by atoms with van der Waals surface area (Å²) in [7, 11) is -4.15. The van der Waals surface area contributed by atoms with Gasteiger partial charge in [-0.2, -0.15) is 0 Å². The quantitative estimate of drug-likeness (QED) is 0.0897. The lowest BCUT2D eigenvalue weighted by Crippen LogP contribution is -2.29. The highest BCUT2D eigenvalue weighted by Gasteiger charge is 2.48.